The zero-order chi connectivity index (χ0) is 24.0. The first-order valence-electron chi connectivity index (χ1n) is 11.7. The number of carbonyl (C=O) groups is 2. The lowest BCUT2D eigenvalue weighted by atomic mass is 9.65. The number of fused-ring (bicyclic) bond motifs is 2. The third kappa shape index (κ3) is 4.89. The number of piperidine rings is 1. The third-order valence-corrected chi connectivity index (χ3v) is 9.23. The van der Waals surface area contributed by atoms with Gasteiger partial charge in [0.25, 0.3) is 0 Å². The fourth-order valence-corrected chi connectivity index (χ4v) is 7.87. The van der Waals surface area contributed by atoms with E-state index in [4.69, 9.17) is 0 Å². The predicted molar refractivity (Wildman–Crippen MR) is 125 cm³/mol. The Morgan fingerprint density at radius 1 is 1.12 bits per heavy atom. The number of likely N-dealkylation sites (tertiary alicyclic amines) is 1. The predicted octanol–water partition coefficient (Wildman–Crippen LogP) is 3.69. The molecule has 2 amide bonds. The summed E-state index contributed by atoms with van der Waals surface area (Å²) in [6, 6.07) is 6.26. The Kier molecular flexibility index (Phi) is 6.24. The van der Waals surface area contributed by atoms with Crippen molar-refractivity contribution < 1.29 is 22.7 Å². The van der Waals surface area contributed by atoms with E-state index < -0.39 is 16.1 Å². The number of sulfonamides is 1. The van der Waals surface area contributed by atoms with Gasteiger partial charge >= 0.3 is 6.09 Å². The van der Waals surface area contributed by atoms with Crippen LogP contribution in [0.2, 0.25) is 0 Å². The molecule has 3 aliphatic rings. The van der Waals surface area contributed by atoms with Crippen LogP contribution in [0.1, 0.15) is 52.9 Å². The molecule has 3 unspecified atom stereocenters. The fourth-order valence-electron chi connectivity index (χ4n) is 6.34. The van der Waals surface area contributed by atoms with Gasteiger partial charge in [-0.15, -0.1) is 0 Å². The zero-order valence-electron chi connectivity index (χ0n) is 20.0. The minimum atomic E-state index is -3.73. The van der Waals surface area contributed by atoms with Crippen LogP contribution in [0.15, 0.2) is 29.2 Å². The molecule has 8 nitrogen and oxygen atoms in total. The molecule has 4 rings (SSSR count). The number of amides is 2. The highest BCUT2D eigenvalue weighted by Crippen LogP contribution is 2.52. The van der Waals surface area contributed by atoms with Crippen LogP contribution in [0.5, 0.6) is 0 Å². The van der Waals surface area contributed by atoms with E-state index in [1.54, 1.807) is 0 Å². The average Bonchev–Trinajstić information content (AvgIpc) is 3.02. The molecule has 0 spiro atoms. The van der Waals surface area contributed by atoms with Gasteiger partial charge in [-0.05, 0) is 67.2 Å². The van der Waals surface area contributed by atoms with Gasteiger partial charge in [0, 0.05) is 31.4 Å². The second-order valence-electron chi connectivity index (χ2n) is 11.0. The second-order valence-corrected chi connectivity index (χ2v) is 13.0. The van der Waals surface area contributed by atoms with Gasteiger partial charge < -0.3 is 9.64 Å². The van der Waals surface area contributed by atoms with Crippen LogP contribution in [0.3, 0.4) is 0 Å². The van der Waals surface area contributed by atoms with Crippen LogP contribution in [0.25, 0.3) is 0 Å². The van der Waals surface area contributed by atoms with E-state index in [0.29, 0.717) is 18.7 Å². The molecule has 1 N–H and O–H groups in total. The van der Waals surface area contributed by atoms with Crippen LogP contribution in [0, 0.1) is 16.7 Å². The van der Waals surface area contributed by atoms with Crippen molar-refractivity contribution in [2.75, 3.05) is 32.1 Å². The maximum absolute atomic E-state index is 13.5. The summed E-state index contributed by atoms with van der Waals surface area (Å²) in [5, 5.41) is 2.51. The molecule has 1 aromatic carbocycles. The zero-order valence-corrected chi connectivity index (χ0v) is 20.8. The number of ether oxygens (including phenoxy) is 1. The Bertz CT molecular complexity index is 1020. The monoisotopic (exact) mass is 477 g/mol. The Balaban J connectivity index is 1.46. The quantitative estimate of drug-likeness (QED) is 0.713. The van der Waals surface area contributed by atoms with Gasteiger partial charge in [0.2, 0.25) is 15.9 Å². The summed E-state index contributed by atoms with van der Waals surface area (Å²) in [7, 11) is -2.47. The summed E-state index contributed by atoms with van der Waals surface area (Å²) >= 11 is 0. The number of benzene rings is 1. The van der Waals surface area contributed by atoms with Crippen LogP contribution in [-0.4, -0.2) is 62.4 Å². The van der Waals surface area contributed by atoms with Gasteiger partial charge in [-0.3, -0.25) is 10.1 Å². The molecule has 2 aliphatic heterocycles. The summed E-state index contributed by atoms with van der Waals surface area (Å²) < 4.78 is 32.5. The highest BCUT2D eigenvalue weighted by molar-refractivity contribution is 7.89. The molecule has 2 bridgehead atoms. The van der Waals surface area contributed by atoms with Gasteiger partial charge in [-0.1, -0.05) is 20.8 Å². The molecular formula is C24H35N3O5S. The smallest absolute Gasteiger partial charge is 0.411 e. The molecule has 9 heteroatoms. The van der Waals surface area contributed by atoms with Crippen LogP contribution in [0.4, 0.5) is 10.5 Å². The molecule has 3 atom stereocenters. The standard InChI is InChI=1S/C24H35N3O5S/c1-23(2)12-19-13-24(3,15-23)16-27(19)21(28)17-6-5-11-26(14-17)33(30,31)20-9-7-18(8-10-20)25-22(29)32-4/h7-10,17,19H,5-6,11-16H2,1-4H3,(H,25,29). The van der Waals surface area contributed by atoms with Crippen molar-refractivity contribution >= 4 is 27.7 Å². The van der Waals surface area contributed by atoms with E-state index in [1.807, 2.05) is 0 Å². The third-order valence-electron chi connectivity index (χ3n) is 7.36. The van der Waals surface area contributed by atoms with E-state index >= 15 is 0 Å². The van der Waals surface area contributed by atoms with Crippen molar-refractivity contribution in [2.24, 2.45) is 16.7 Å². The van der Waals surface area contributed by atoms with Crippen molar-refractivity contribution in [1.82, 2.24) is 9.21 Å². The number of carbonyl (C=O) groups excluding carboxylic acids is 2. The van der Waals surface area contributed by atoms with Crippen LogP contribution in [-0.2, 0) is 19.6 Å². The largest absolute Gasteiger partial charge is 0.453 e. The van der Waals surface area contributed by atoms with Gasteiger partial charge in [0.05, 0.1) is 17.9 Å². The number of nitrogens with one attached hydrogen (secondary N) is 1. The molecule has 182 valence electrons. The highest BCUT2D eigenvalue weighted by atomic mass is 32.2. The minimum absolute atomic E-state index is 0.110. The van der Waals surface area contributed by atoms with Crippen molar-refractivity contribution in [3.8, 4) is 0 Å². The Morgan fingerprint density at radius 3 is 2.48 bits per heavy atom. The summed E-state index contributed by atoms with van der Waals surface area (Å²) in [4.78, 5) is 27.1. The van der Waals surface area contributed by atoms with E-state index in [1.165, 1.54) is 35.7 Å². The number of hydrogen-bond donors (Lipinski definition) is 1. The molecular weight excluding hydrogens is 442 g/mol. The SMILES string of the molecule is COC(=O)Nc1ccc(S(=O)(=O)N2CCCC(C(=O)N3CC4(C)CC3CC(C)(C)C4)C2)cc1. The molecule has 33 heavy (non-hydrogen) atoms. The summed E-state index contributed by atoms with van der Waals surface area (Å²) in [5.74, 6) is -0.196. The summed E-state index contributed by atoms with van der Waals surface area (Å²) in [6.45, 7) is 8.25. The van der Waals surface area contributed by atoms with Crippen molar-refractivity contribution in [3.63, 3.8) is 0 Å². The Labute approximate surface area is 196 Å². The molecule has 1 saturated carbocycles. The lowest BCUT2D eigenvalue weighted by Gasteiger charge is -2.40. The first kappa shape index (κ1) is 24.0. The van der Waals surface area contributed by atoms with Crippen molar-refractivity contribution in [1.29, 1.82) is 0 Å². The summed E-state index contributed by atoms with van der Waals surface area (Å²) in [6.07, 6.45) is 3.94. The number of rotatable bonds is 4. The first-order valence-corrected chi connectivity index (χ1v) is 13.1. The summed E-state index contributed by atoms with van der Waals surface area (Å²) in [5.41, 5.74) is 0.829. The van der Waals surface area contributed by atoms with E-state index in [0.717, 1.165) is 32.2 Å². The molecule has 0 aromatic heterocycles. The van der Waals surface area contributed by atoms with E-state index in [-0.39, 0.29) is 40.1 Å². The normalized spacial score (nSPS) is 29.5. The van der Waals surface area contributed by atoms with Gasteiger partial charge in [0.15, 0.2) is 0 Å². The molecule has 3 fully saturated rings. The Morgan fingerprint density at radius 2 is 1.82 bits per heavy atom. The fraction of sp³-hybridized carbons (Fsp3) is 0.667. The van der Waals surface area contributed by atoms with Gasteiger partial charge in [0.1, 0.15) is 0 Å². The number of methoxy groups -OCH3 is 1. The van der Waals surface area contributed by atoms with Gasteiger partial charge in [-0.2, -0.15) is 4.31 Å². The van der Waals surface area contributed by atoms with Crippen LogP contribution < -0.4 is 5.32 Å². The van der Waals surface area contributed by atoms with Crippen molar-refractivity contribution in [2.45, 2.75) is 63.8 Å². The topological polar surface area (TPSA) is 96.0 Å². The average molecular weight is 478 g/mol. The minimum Gasteiger partial charge on any atom is -0.453 e. The molecule has 2 saturated heterocycles. The van der Waals surface area contributed by atoms with E-state index in [2.05, 4.69) is 35.7 Å². The lowest BCUT2D eigenvalue weighted by molar-refractivity contribution is -0.137. The Hall–Kier alpha value is -2.13. The van der Waals surface area contributed by atoms with E-state index in [9.17, 15) is 18.0 Å². The number of nitrogens with zero attached hydrogens (tertiary/aromatic N) is 2. The highest BCUT2D eigenvalue weighted by Gasteiger charge is 2.52. The molecule has 2 heterocycles. The van der Waals surface area contributed by atoms with Gasteiger partial charge in [-0.25, -0.2) is 13.2 Å². The molecule has 1 aliphatic carbocycles. The first-order chi connectivity index (χ1) is 15.4. The number of anilines is 1. The maximum Gasteiger partial charge on any atom is 0.411 e. The maximum atomic E-state index is 13.5. The molecule has 1 aromatic rings. The number of hydrogen-bond acceptors (Lipinski definition) is 5. The second kappa shape index (κ2) is 8.58. The molecule has 0 radical (unpaired) electrons. The van der Waals surface area contributed by atoms with Crippen LogP contribution >= 0.6 is 0 Å². The van der Waals surface area contributed by atoms with Crippen molar-refractivity contribution in [3.05, 3.63) is 24.3 Å². The lowest BCUT2D eigenvalue weighted by Crippen LogP contribution is -2.48.